The first-order chi connectivity index (χ1) is 8.59. The average Bonchev–Trinajstić information content (AvgIpc) is 2.69. The zero-order valence-electron chi connectivity index (χ0n) is 11.2. The molecule has 2 N–H and O–H groups in total. The molecule has 0 saturated carbocycles. The summed E-state index contributed by atoms with van der Waals surface area (Å²) in [7, 11) is 0. The van der Waals surface area contributed by atoms with Crippen LogP contribution >= 0.6 is 0 Å². The minimum absolute atomic E-state index is 0.489. The van der Waals surface area contributed by atoms with Crippen LogP contribution in [0.25, 0.3) is 11.1 Å². The Bertz CT molecular complexity index is 529. The molecule has 0 bridgehead atoms. The Balaban J connectivity index is 2.38. The Hall–Kier alpha value is -1.77. The summed E-state index contributed by atoms with van der Waals surface area (Å²) < 4.78 is 5.38. The molecule has 18 heavy (non-hydrogen) atoms. The standard InChI is InChI=1S/C15H20N2O/c1-10(2)8-9-13-14(15(16)17-18-13)12-7-5-4-6-11(12)3/h4-7,10H,8-9H2,1-3H3,(H2,16,17). The number of aryl methyl sites for hydroxylation is 2. The van der Waals surface area contributed by atoms with Crippen LogP contribution in [-0.4, -0.2) is 5.16 Å². The Morgan fingerprint density at radius 2 is 2.00 bits per heavy atom. The number of rotatable bonds is 4. The van der Waals surface area contributed by atoms with E-state index >= 15 is 0 Å². The van der Waals surface area contributed by atoms with Crippen molar-refractivity contribution in [1.29, 1.82) is 0 Å². The summed E-state index contributed by atoms with van der Waals surface area (Å²) in [5.74, 6) is 2.03. The van der Waals surface area contributed by atoms with Gasteiger partial charge in [-0.2, -0.15) is 0 Å². The number of nitrogen functional groups attached to an aromatic ring is 1. The molecule has 0 unspecified atom stereocenters. The Kier molecular flexibility index (Phi) is 3.70. The number of aromatic nitrogens is 1. The first kappa shape index (κ1) is 12.7. The average molecular weight is 244 g/mol. The largest absolute Gasteiger partial charge is 0.380 e. The zero-order chi connectivity index (χ0) is 13.1. The second kappa shape index (κ2) is 5.25. The highest BCUT2D eigenvalue weighted by Gasteiger charge is 2.17. The normalized spacial score (nSPS) is 11.1. The molecule has 0 amide bonds. The van der Waals surface area contributed by atoms with Crippen LogP contribution in [0.4, 0.5) is 5.82 Å². The molecule has 0 aliphatic heterocycles. The van der Waals surface area contributed by atoms with Crippen molar-refractivity contribution >= 4 is 5.82 Å². The number of benzene rings is 1. The molecule has 0 spiro atoms. The molecule has 0 aliphatic carbocycles. The van der Waals surface area contributed by atoms with Crippen LogP contribution in [0.15, 0.2) is 28.8 Å². The second-order valence-electron chi connectivity index (χ2n) is 5.11. The summed E-state index contributed by atoms with van der Waals surface area (Å²) in [6.45, 7) is 6.48. The van der Waals surface area contributed by atoms with Gasteiger partial charge in [-0.3, -0.25) is 0 Å². The van der Waals surface area contributed by atoms with E-state index in [4.69, 9.17) is 10.3 Å². The van der Waals surface area contributed by atoms with Crippen molar-refractivity contribution in [2.45, 2.75) is 33.6 Å². The third kappa shape index (κ3) is 2.55. The van der Waals surface area contributed by atoms with Gasteiger partial charge < -0.3 is 10.3 Å². The summed E-state index contributed by atoms with van der Waals surface area (Å²) in [4.78, 5) is 0. The molecule has 0 radical (unpaired) electrons. The van der Waals surface area contributed by atoms with Gasteiger partial charge >= 0.3 is 0 Å². The molecule has 0 fully saturated rings. The van der Waals surface area contributed by atoms with E-state index in [0.29, 0.717) is 11.7 Å². The van der Waals surface area contributed by atoms with Crippen LogP contribution in [-0.2, 0) is 6.42 Å². The molecule has 0 atom stereocenters. The lowest BCUT2D eigenvalue weighted by atomic mass is 9.97. The fourth-order valence-electron chi connectivity index (χ4n) is 2.07. The van der Waals surface area contributed by atoms with Crippen LogP contribution < -0.4 is 5.73 Å². The monoisotopic (exact) mass is 244 g/mol. The molecule has 0 aliphatic rings. The molecule has 3 nitrogen and oxygen atoms in total. The SMILES string of the molecule is Cc1ccccc1-c1c(N)noc1CCC(C)C. The van der Waals surface area contributed by atoms with Gasteiger partial charge in [-0.15, -0.1) is 0 Å². The summed E-state index contributed by atoms with van der Waals surface area (Å²) >= 11 is 0. The van der Waals surface area contributed by atoms with Gasteiger partial charge in [0.1, 0.15) is 5.76 Å². The third-order valence-electron chi connectivity index (χ3n) is 3.15. The van der Waals surface area contributed by atoms with E-state index in [1.165, 1.54) is 5.56 Å². The lowest BCUT2D eigenvalue weighted by molar-refractivity contribution is 0.376. The van der Waals surface area contributed by atoms with Crippen LogP contribution in [0.3, 0.4) is 0 Å². The molecule has 0 saturated heterocycles. The van der Waals surface area contributed by atoms with Crippen LogP contribution in [0, 0.1) is 12.8 Å². The van der Waals surface area contributed by atoms with Gasteiger partial charge in [-0.05, 0) is 30.4 Å². The van der Waals surface area contributed by atoms with Gasteiger partial charge in [0.05, 0.1) is 5.56 Å². The summed E-state index contributed by atoms with van der Waals surface area (Å²) in [5, 5.41) is 3.91. The predicted molar refractivity (Wildman–Crippen MR) is 74.2 cm³/mol. The molecule has 1 aromatic heterocycles. The minimum Gasteiger partial charge on any atom is -0.380 e. The Morgan fingerprint density at radius 1 is 1.28 bits per heavy atom. The molecule has 1 aromatic carbocycles. The number of nitrogens with zero attached hydrogens (tertiary/aromatic N) is 1. The van der Waals surface area contributed by atoms with E-state index in [9.17, 15) is 0 Å². The fraction of sp³-hybridized carbons (Fsp3) is 0.400. The molecule has 2 rings (SSSR count). The van der Waals surface area contributed by atoms with E-state index in [1.54, 1.807) is 0 Å². The maximum atomic E-state index is 5.94. The summed E-state index contributed by atoms with van der Waals surface area (Å²) in [6.07, 6.45) is 1.96. The maximum absolute atomic E-state index is 5.94. The van der Waals surface area contributed by atoms with Crippen LogP contribution in [0.2, 0.25) is 0 Å². The van der Waals surface area contributed by atoms with Crippen molar-refractivity contribution < 1.29 is 4.52 Å². The van der Waals surface area contributed by atoms with E-state index in [2.05, 4.69) is 38.1 Å². The zero-order valence-corrected chi connectivity index (χ0v) is 11.2. The molecular formula is C15H20N2O. The highest BCUT2D eigenvalue weighted by Crippen LogP contribution is 2.32. The second-order valence-corrected chi connectivity index (χ2v) is 5.11. The van der Waals surface area contributed by atoms with Crippen molar-refractivity contribution in [3.63, 3.8) is 0 Å². The van der Waals surface area contributed by atoms with Crippen molar-refractivity contribution in [3.8, 4) is 11.1 Å². The first-order valence-electron chi connectivity index (χ1n) is 6.39. The smallest absolute Gasteiger partial charge is 0.175 e. The maximum Gasteiger partial charge on any atom is 0.175 e. The van der Waals surface area contributed by atoms with E-state index in [0.717, 1.165) is 29.7 Å². The molecule has 96 valence electrons. The van der Waals surface area contributed by atoms with Crippen molar-refractivity contribution in [2.24, 2.45) is 5.92 Å². The summed E-state index contributed by atoms with van der Waals surface area (Å²) in [5.41, 5.74) is 9.22. The van der Waals surface area contributed by atoms with Crippen LogP contribution in [0.5, 0.6) is 0 Å². The van der Waals surface area contributed by atoms with Gasteiger partial charge in [0.15, 0.2) is 5.82 Å². The number of hydrogen-bond acceptors (Lipinski definition) is 3. The van der Waals surface area contributed by atoms with E-state index in [-0.39, 0.29) is 0 Å². The van der Waals surface area contributed by atoms with Crippen molar-refractivity contribution in [1.82, 2.24) is 5.16 Å². The van der Waals surface area contributed by atoms with Crippen molar-refractivity contribution in [3.05, 3.63) is 35.6 Å². The van der Waals surface area contributed by atoms with E-state index in [1.807, 2.05) is 12.1 Å². The van der Waals surface area contributed by atoms with Gasteiger partial charge in [0.25, 0.3) is 0 Å². The minimum atomic E-state index is 0.489. The Labute approximate surface area is 108 Å². The first-order valence-corrected chi connectivity index (χ1v) is 6.39. The highest BCUT2D eigenvalue weighted by atomic mass is 16.5. The quantitative estimate of drug-likeness (QED) is 0.889. The van der Waals surface area contributed by atoms with Gasteiger partial charge in [-0.25, -0.2) is 0 Å². The van der Waals surface area contributed by atoms with Crippen LogP contribution in [0.1, 0.15) is 31.6 Å². The Morgan fingerprint density at radius 3 is 2.67 bits per heavy atom. The van der Waals surface area contributed by atoms with Gasteiger partial charge in [0.2, 0.25) is 0 Å². The lowest BCUT2D eigenvalue weighted by Crippen LogP contribution is -1.95. The fourth-order valence-corrected chi connectivity index (χ4v) is 2.07. The lowest BCUT2D eigenvalue weighted by Gasteiger charge is -2.07. The van der Waals surface area contributed by atoms with Crippen molar-refractivity contribution in [2.75, 3.05) is 5.73 Å². The van der Waals surface area contributed by atoms with E-state index < -0.39 is 0 Å². The number of nitrogens with two attached hydrogens (primary N) is 1. The third-order valence-corrected chi connectivity index (χ3v) is 3.15. The highest BCUT2D eigenvalue weighted by molar-refractivity contribution is 5.77. The van der Waals surface area contributed by atoms with Gasteiger partial charge in [0, 0.05) is 6.42 Å². The number of anilines is 1. The van der Waals surface area contributed by atoms with Gasteiger partial charge in [-0.1, -0.05) is 43.3 Å². The molecule has 3 heteroatoms. The predicted octanol–water partition coefficient (Wildman–Crippen LogP) is 3.82. The summed E-state index contributed by atoms with van der Waals surface area (Å²) in [6, 6.07) is 8.18. The number of hydrogen-bond donors (Lipinski definition) is 1. The molecule has 1 heterocycles. The molecule has 2 aromatic rings. The molecular weight excluding hydrogens is 224 g/mol. The topological polar surface area (TPSA) is 52.0 Å².